The van der Waals surface area contributed by atoms with Gasteiger partial charge in [-0.2, -0.15) is 0 Å². The predicted molar refractivity (Wildman–Crippen MR) is 150 cm³/mol. The van der Waals surface area contributed by atoms with Crippen molar-refractivity contribution >= 4 is 23.1 Å². The number of hydrogen-bond acceptors (Lipinski definition) is 4. The number of amides is 2. The van der Waals surface area contributed by atoms with Gasteiger partial charge in [0.25, 0.3) is 11.8 Å². The molecular formula is C31H36N4O2. The van der Waals surface area contributed by atoms with Crippen molar-refractivity contribution in [2.24, 2.45) is 0 Å². The first-order chi connectivity index (χ1) is 17.9. The van der Waals surface area contributed by atoms with Crippen molar-refractivity contribution in [3.8, 4) is 0 Å². The van der Waals surface area contributed by atoms with Crippen LogP contribution in [0.5, 0.6) is 0 Å². The van der Waals surface area contributed by atoms with Crippen LogP contribution < -0.4 is 10.6 Å². The molecule has 2 aromatic carbocycles. The molecular weight excluding hydrogens is 460 g/mol. The van der Waals surface area contributed by atoms with Crippen LogP contribution in [0.3, 0.4) is 0 Å². The van der Waals surface area contributed by atoms with E-state index in [0.717, 1.165) is 54.0 Å². The van der Waals surface area contributed by atoms with E-state index < -0.39 is 0 Å². The number of anilines is 1. The number of benzene rings is 2. The fraction of sp³-hybridized carbons (Fsp3) is 0.323. The van der Waals surface area contributed by atoms with E-state index in [1.807, 2.05) is 87.2 Å². The van der Waals surface area contributed by atoms with Gasteiger partial charge in [-0.05, 0) is 107 Å². The summed E-state index contributed by atoms with van der Waals surface area (Å²) in [7, 11) is 0. The molecule has 3 aromatic rings. The number of pyridine rings is 1. The second-order valence-electron chi connectivity index (χ2n) is 9.40. The molecule has 1 aliphatic heterocycles. The number of nitrogens with zero attached hydrogens (tertiary/aromatic N) is 2. The molecule has 2 amide bonds. The van der Waals surface area contributed by atoms with Gasteiger partial charge in [0, 0.05) is 29.9 Å². The molecule has 0 atom stereocenters. The summed E-state index contributed by atoms with van der Waals surface area (Å²) in [6.07, 6.45) is 1.89. The van der Waals surface area contributed by atoms with Gasteiger partial charge in [0.1, 0.15) is 0 Å². The topological polar surface area (TPSA) is 74.3 Å². The summed E-state index contributed by atoms with van der Waals surface area (Å²) >= 11 is 0. The molecule has 0 unspecified atom stereocenters. The Morgan fingerprint density at radius 2 is 1.51 bits per heavy atom. The molecule has 1 aromatic heterocycles. The van der Waals surface area contributed by atoms with E-state index in [-0.39, 0.29) is 11.8 Å². The molecule has 2 N–H and O–H groups in total. The third-order valence-electron chi connectivity index (χ3n) is 6.92. The minimum absolute atomic E-state index is 0.0483. The smallest absolute Gasteiger partial charge is 0.255 e. The Labute approximate surface area is 219 Å². The number of carbonyl (C=O) groups is 2. The maximum Gasteiger partial charge on any atom is 0.255 e. The second kappa shape index (κ2) is 12.0. The van der Waals surface area contributed by atoms with Crippen LogP contribution in [-0.4, -0.2) is 47.9 Å². The maximum atomic E-state index is 13.2. The molecule has 0 saturated carbocycles. The molecule has 1 aliphatic rings. The minimum atomic E-state index is -0.162. The summed E-state index contributed by atoms with van der Waals surface area (Å²) in [4.78, 5) is 32.3. The lowest BCUT2D eigenvalue weighted by Gasteiger charge is -2.22. The first kappa shape index (κ1) is 26.3. The minimum Gasteiger partial charge on any atom is -0.339 e. The molecule has 1 saturated heterocycles. The van der Waals surface area contributed by atoms with Gasteiger partial charge in [-0.25, -0.2) is 0 Å². The van der Waals surface area contributed by atoms with Gasteiger partial charge in [-0.1, -0.05) is 29.8 Å². The monoisotopic (exact) mass is 496 g/mol. The van der Waals surface area contributed by atoms with Crippen molar-refractivity contribution in [3.63, 3.8) is 0 Å². The molecule has 0 aliphatic carbocycles. The normalized spacial score (nSPS) is 13.2. The molecule has 1 fully saturated rings. The SMILES string of the molecule is CCN(CC)C(=O)c1ccc(C(=C2CCNCC2)c2cccc(C(=O)Nc3ccc(C)nc3C)c2)cc1. The Hall–Kier alpha value is -3.77. The number of nitrogens with one attached hydrogen (secondary N) is 2. The van der Waals surface area contributed by atoms with Crippen molar-refractivity contribution in [1.29, 1.82) is 0 Å². The van der Waals surface area contributed by atoms with Gasteiger partial charge in [0.05, 0.1) is 11.4 Å². The van der Waals surface area contributed by atoms with Gasteiger partial charge in [-0.3, -0.25) is 14.6 Å². The number of aryl methyl sites for hydroxylation is 2. The molecule has 6 nitrogen and oxygen atoms in total. The van der Waals surface area contributed by atoms with Gasteiger partial charge in [-0.15, -0.1) is 0 Å². The standard InChI is InChI=1S/C31H36N4O2/c1-5-35(6-2)31(37)25-13-11-23(12-14-25)29(24-16-18-32-19-17-24)26-8-7-9-27(20-26)30(36)34-28-15-10-21(3)33-22(28)4/h7-15,20,32H,5-6,16-19H2,1-4H3,(H,34,36). The van der Waals surface area contributed by atoms with Crippen LogP contribution in [0.4, 0.5) is 5.69 Å². The van der Waals surface area contributed by atoms with E-state index in [1.165, 1.54) is 5.57 Å². The van der Waals surface area contributed by atoms with Crippen LogP contribution in [0.15, 0.2) is 66.2 Å². The Morgan fingerprint density at radius 1 is 0.865 bits per heavy atom. The van der Waals surface area contributed by atoms with Crippen LogP contribution in [0.25, 0.3) is 5.57 Å². The van der Waals surface area contributed by atoms with E-state index in [4.69, 9.17) is 0 Å². The van der Waals surface area contributed by atoms with Crippen molar-refractivity contribution in [3.05, 3.63) is 99.9 Å². The van der Waals surface area contributed by atoms with Gasteiger partial charge in [0.15, 0.2) is 0 Å². The highest BCUT2D eigenvalue weighted by Crippen LogP contribution is 2.32. The van der Waals surface area contributed by atoms with Gasteiger partial charge >= 0.3 is 0 Å². The van der Waals surface area contributed by atoms with Crippen LogP contribution in [0.2, 0.25) is 0 Å². The molecule has 192 valence electrons. The zero-order chi connectivity index (χ0) is 26.4. The lowest BCUT2D eigenvalue weighted by atomic mass is 9.87. The summed E-state index contributed by atoms with van der Waals surface area (Å²) in [5.74, 6) is -0.113. The maximum absolute atomic E-state index is 13.2. The molecule has 0 radical (unpaired) electrons. The van der Waals surface area contributed by atoms with E-state index >= 15 is 0 Å². The van der Waals surface area contributed by atoms with Crippen LogP contribution >= 0.6 is 0 Å². The second-order valence-corrected chi connectivity index (χ2v) is 9.40. The third-order valence-corrected chi connectivity index (χ3v) is 6.92. The number of piperidine rings is 1. The summed E-state index contributed by atoms with van der Waals surface area (Å²) < 4.78 is 0. The van der Waals surface area contributed by atoms with Crippen LogP contribution in [0, 0.1) is 13.8 Å². The van der Waals surface area contributed by atoms with E-state index in [1.54, 1.807) is 0 Å². The molecule has 4 rings (SSSR count). The number of rotatable bonds is 7. The Morgan fingerprint density at radius 3 is 2.16 bits per heavy atom. The zero-order valence-corrected chi connectivity index (χ0v) is 22.2. The Kier molecular flexibility index (Phi) is 8.51. The van der Waals surface area contributed by atoms with Gasteiger partial charge < -0.3 is 15.5 Å². The lowest BCUT2D eigenvalue weighted by molar-refractivity contribution is 0.0772. The molecule has 2 heterocycles. The first-order valence-corrected chi connectivity index (χ1v) is 13.1. The van der Waals surface area contributed by atoms with Crippen molar-refractivity contribution in [2.45, 2.75) is 40.5 Å². The highest BCUT2D eigenvalue weighted by atomic mass is 16.2. The summed E-state index contributed by atoms with van der Waals surface area (Å²) in [5, 5.41) is 6.44. The average Bonchev–Trinajstić information content (AvgIpc) is 2.92. The molecule has 0 spiro atoms. The average molecular weight is 497 g/mol. The van der Waals surface area contributed by atoms with Gasteiger partial charge in [0.2, 0.25) is 0 Å². The molecule has 6 heteroatoms. The molecule has 0 bridgehead atoms. The number of carbonyl (C=O) groups excluding carboxylic acids is 2. The zero-order valence-electron chi connectivity index (χ0n) is 22.2. The quantitative estimate of drug-likeness (QED) is 0.445. The van der Waals surface area contributed by atoms with Crippen molar-refractivity contribution in [2.75, 3.05) is 31.5 Å². The lowest BCUT2D eigenvalue weighted by Crippen LogP contribution is -2.30. The fourth-order valence-electron chi connectivity index (χ4n) is 4.86. The highest BCUT2D eigenvalue weighted by Gasteiger charge is 2.18. The van der Waals surface area contributed by atoms with Crippen molar-refractivity contribution < 1.29 is 9.59 Å². The Balaban J connectivity index is 1.67. The summed E-state index contributed by atoms with van der Waals surface area (Å²) in [5.41, 5.74) is 8.28. The third kappa shape index (κ3) is 6.15. The number of aromatic nitrogens is 1. The van der Waals surface area contributed by atoms with E-state index in [9.17, 15) is 9.59 Å². The summed E-state index contributed by atoms with van der Waals surface area (Å²) in [6, 6.07) is 19.5. The number of hydrogen-bond donors (Lipinski definition) is 2. The van der Waals surface area contributed by atoms with E-state index in [2.05, 4.69) is 21.7 Å². The van der Waals surface area contributed by atoms with Crippen LogP contribution in [0.1, 0.15) is 69.9 Å². The largest absolute Gasteiger partial charge is 0.339 e. The first-order valence-electron chi connectivity index (χ1n) is 13.1. The molecule has 37 heavy (non-hydrogen) atoms. The fourth-order valence-corrected chi connectivity index (χ4v) is 4.86. The van der Waals surface area contributed by atoms with Crippen LogP contribution in [-0.2, 0) is 0 Å². The predicted octanol–water partition coefficient (Wildman–Crippen LogP) is 5.62. The van der Waals surface area contributed by atoms with Crippen molar-refractivity contribution in [1.82, 2.24) is 15.2 Å². The highest BCUT2D eigenvalue weighted by molar-refractivity contribution is 6.05. The Bertz CT molecular complexity index is 1300. The summed E-state index contributed by atoms with van der Waals surface area (Å²) in [6.45, 7) is 11.1. The van der Waals surface area contributed by atoms with E-state index in [0.29, 0.717) is 29.9 Å².